The van der Waals surface area contributed by atoms with Crippen LogP contribution in [-0.2, 0) is 17.6 Å². The fourth-order valence-corrected chi connectivity index (χ4v) is 4.05. The molecule has 2 heterocycles. The Morgan fingerprint density at radius 2 is 2.21 bits per heavy atom. The third-order valence-electron chi connectivity index (χ3n) is 4.39. The molecule has 0 aliphatic heterocycles. The first kappa shape index (κ1) is 19.0. The van der Waals surface area contributed by atoms with E-state index in [1.165, 1.54) is 11.3 Å². The first-order valence-corrected chi connectivity index (χ1v) is 9.84. The lowest BCUT2D eigenvalue weighted by Gasteiger charge is -2.10. The molecule has 4 rings (SSSR count). The van der Waals surface area contributed by atoms with Crippen molar-refractivity contribution >= 4 is 33.0 Å². The van der Waals surface area contributed by atoms with Gasteiger partial charge in [-0.3, -0.25) is 4.79 Å². The van der Waals surface area contributed by atoms with Gasteiger partial charge in [-0.25, -0.2) is 9.37 Å². The maximum Gasteiger partial charge on any atom is 0.230 e. The minimum absolute atomic E-state index is 0.0771. The molecule has 0 saturated carbocycles. The maximum absolute atomic E-state index is 15.0. The molecule has 0 saturated heterocycles. The number of rotatable bonds is 6. The number of aromatic nitrogens is 3. The van der Waals surface area contributed by atoms with E-state index in [1.807, 2.05) is 24.3 Å². The van der Waals surface area contributed by atoms with Crippen molar-refractivity contribution in [2.45, 2.75) is 25.7 Å². The summed E-state index contributed by atoms with van der Waals surface area (Å²) >= 11 is 1.26. The number of hydrogen-bond donors (Lipinski definition) is 1. The van der Waals surface area contributed by atoms with Crippen molar-refractivity contribution in [2.24, 2.45) is 0 Å². The molecular formula is C20H16FN5O2S. The van der Waals surface area contributed by atoms with Gasteiger partial charge in [-0.2, -0.15) is 5.26 Å². The quantitative estimate of drug-likeness (QED) is 0.626. The number of carbonyl (C=O) groups excluding carboxylic acids is 1. The Balaban J connectivity index is 1.51. The Labute approximate surface area is 169 Å². The minimum Gasteiger partial charge on any atom is -0.424 e. The third-order valence-corrected chi connectivity index (χ3v) is 5.45. The maximum atomic E-state index is 15.0. The summed E-state index contributed by atoms with van der Waals surface area (Å²) in [5.41, 5.74) is 2.19. The van der Waals surface area contributed by atoms with Crippen LogP contribution in [0.3, 0.4) is 0 Å². The van der Waals surface area contributed by atoms with E-state index < -0.39 is 0 Å². The third kappa shape index (κ3) is 4.22. The molecule has 0 unspecified atom stereocenters. The number of amides is 1. The summed E-state index contributed by atoms with van der Waals surface area (Å²) in [6, 6.07) is 5.42. The molecule has 29 heavy (non-hydrogen) atoms. The lowest BCUT2D eigenvalue weighted by Crippen LogP contribution is -2.25. The van der Waals surface area contributed by atoms with Crippen LogP contribution in [0, 0.1) is 17.1 Å². The summed E-state index contributed by atoms with van der Waals surface area (Å²) < 4.78 is 21.0. The summed E-state index contributed by atoms with van der Waals surface area (Å²) in [4.78, 5) is 16.1. The highest BCUT2D eigenvalue weighted by atomic mass is 32.1. The van der Waals surface area contributed by atoms with Crippen LogP contribution in [0.4, 0.5) is 4.39 Å². The number of allylic oxidation sites excluding steroid dienone is 4. The summed E-state index contributed by atoms with van der Waals surface area (Å²) in [5.74, 6) is -0.174. The number of thiazole rings is 1. The Morgan fingerprint density at radius 1 is 1.34 bits per heavy atom. The molecule has 3 aromatic rings. The van der Waals surface area contributed by atoms with Crippen LogP contribution in [-0.4, -0.2) is 27.6 Å². The van der Waals surface area contributed by atoms with E-state index in [9.17, 15) is 4.79 Å². The lowest BCUT2D eigenvalue weighted by atomic mass is 9.97. The van der Waals surface area contributed by atoms with E-state index in [2.05, 4.69) is 26.6 Å². The number of halogens is 1. The normalized spacial score (nSPS) is 13.3. The molecule has 1 aliphatic rings. The second-order valence-corrected chi connectivity index (χ2v) is 7.50. The molecule has 1 aliphatic carbocycles. The Morgan fingerprint density at radius 3 is 3.00 bits per heavy atom. The molecule has 0 fully saturated rings. The van der Waals surface area contributed by atoms with Gasteiger partial charge in [0.1, 0.15) is 23.8 Å². The van der Waals surface area contributed by atoms with Crippen molar-refractivity contribution in [1.82, 2.24) is 20.5 Å². The van der Waals surface area contributed by atoms with E-state index in [4.69, 9.17) is 9.68 Å². The lowest BCUT2D eigenvalue weighted by molar-refractivity contribution is -0.120. The van der Waals surface area contributed by atoms with Crippen molar-refractivity contribution in [3.63, 3.8) is 0 Å². The van der Waals surface area contributed by atoms with Gasteiger partial charge in [0.25, 0.3) is 0 Å². The highest BCUT2D eigenvalue weighted by Gasteiger charge is 2.17. The van der Waals surface area contributed by atoms with Gasteiger partial charge in [-0.15, -0.1) is 21.5 Å². The van der Waals surface area contributed by atoms with E-state index in [1.54, 1.807) is 6.07 Å². The van der Waals surface area contributed by atoms with Gasteiger partial charge in [-0.05, 0) is 30.5 Å². The largest absolute Gasteiger partial charge is 0.424 e. The summed E-state index contributed by atoms with van der Waals surface area (Å²) in [6.45, 7) is -0.0771. The number of nitrogens with zero attached hydrogens (tertiary/aromatic N) is 4. The Kier molecular flexibility index (Phi) is 5.44. The van der Waals surface area contributed by atoms with Crippen molar-refractivity contribution in [3.8, 4) is 6.07 Å². The SMILES string of the molecule is N#CCNC(=O)Cc1nnc(Cc2nc3ccc(C4=CC=CCC4)c(F)c3s2)o1. The van der Waals surface area contributed by atoms with Gasteiger partial charge in [-0.1, -0.05) is 18.2 Å². The molecule has 7 nitrogen and oxygen atoms in total. The topological polar surface area (TPSA) is 105 Å². The number of hydrogen-bond acceptors (Lipinski definition) is 7. The Bertz CT molecular complexity index is 1170. The number of fused-ring (bicyclic) bond motifs is 1. The number of nitriles is 1. The fraction of sp³-hybridized carbons (Fsp3) is 0.250. The van der Waals surface area contributed by atoms with Crippen LogP contribution in [0.5, 0.6) is 0 Å². The second-order valence-electron chi connectivity index (χ2n) is 6.42. The predicted molar refractivity (Wildman–Crippen MR) is 105 cm³/mol. The molecule has 146 valence electrons. The minimum atomic E-state index is -0.372. The molecule has 1 amide bonds. The zero-order chi connectivity index (χ0) is 20.2. The van der Waals surface area contributed by atoms with Crippen LogP contribution >= 0.6 is 11.3 Å². The zero-order valence-electron chi connectivity index (χ0n) is 15.3. The Hall–Kier alpha value is -3.38. The van der Waals surface area contributed by atoms with Crippen molar-refractivity contribution in [3.05, 3.63) is 58.5 Å². The molecule has 2 aromatic heterocycles. The van der Waals surface area contributed by atoms with Crippen molar-refractivity contribution < 1.29 is 13.6 Å². The number of benzene rings is 1. The van der Waals surface area contributed by atoms with Crippen LogP contribution in [0.1, 0.15) is 35.2 Å². The highest BCUT2D eigenvalue weighted by Crippen LogP contribution is 2.33. The second kappa shape index (κ2) is 8.32. The van der Waals surface area contributed by atoms with Gasteiger partial charge in [0.2, 0.25) is 17.7 Å². The fourth-order valence-electron chi connectivity index (χ4n) is 3.06. The average molecular weight is 409 g/mol. The highest BCUT2D eigenvalue weighted by molar-refractivity contribution is 7.18. The summed E-state index contributed by atoms with van der Waals surface area (Å²) in [5, 5.41) is 19.3. The molecule has 9 heteroatoms. The van der Waals surface area contributed by atoms with Gasteiger partial charge < -0.3 is 9.73 Å². The molecule has 1 aromatic carbocycles. The molecular weight excluding hydrogens is 393 g/mol. The summed E-state index contributed by atoms with van der Waals surface area (Å²) in [6.07, 6.45) is 7.85. The standard InChI is InChI=1S/C20H16FN5O2S/c21-19-13(12-4-2-1-3-5-12)6-7-14-20(19)29-18(24-14)11-17-26-25-16(28-17)10-15(27)23-9-8-22/h1-2,4,6-7H,3,5,9-11H2,(H,23,27). The summed E-state index contributed by atoms with van der Waals surface area (Å²) in [7, 11) is 0. The van der Waals surface area contributed by atoms with Crippen LogP contribution in [0.2, 0.25) is 0 Å². The van der Waals surface area contributed by atoms with Crippen LogP contribution < -0.4 is 5.32 Å². The van der Waals surface area contributed by atoms with E-state index in [0.29, 0.717) is 26.7 Å². The number of nitrogens with one attached hydrogen (secondary N) is 1. The molecule has 0 radical (unpaired) electrons. The van der Waals surface area contributed by atoms with E-state index in [-0.39, 0.29) is 37.0 Å². The molecule has 0 spiro atoms. The zero-order valence-corrected chi connectivity index (χ0v) is 16.1. The monoisotopic (exact) mass is 409 g/mol. The average Bonchev–Trinajstić information content (AvgIpc) is 3.34. The molecule has 0 atom stereocenters. The van der Waals surface area contributed by atoms with Gasteiger partial charge in [0.05, 0.1) is 22.7 Å². The first-order chi connectivity index (χ1) is 14.1. The van der Waals surface area contributed by atoms with Crippen LogP contribution in [0.25, 0.3) is 15.8 Å². The van der Waals surface area contributed by atoms with Crippen LogP contribution in [0.15, 0.2) is 34.8 Å². The van der Waals surface area contributed by atoms with Gasteiger partial charge in [0, 0.05) is 5.56 Å². The van der Waals surface area contributed by atoms with Crippen molar-refractivity contribution in [2.75, 3.05) is 6.54 Å². The van der Waals surface area contributed by atoms with E-state index >= 15 is 4.39 Å². The molecule has 1 N–H and O–H groups in total. The first-order valence-electron chi connectivity index (χ1n) is 9.03. The van der Waals surface area contributed by atoms with Gasteiger partial charge in [0.15, 0.2) is 0 Å². The smallest absolute Gasteiger partial charge is 0.230 e. The van der Waals surface area contributed by atoms with Gasteiger partial charge >= 0.3 is 0 Å². The van der Waals surface area contributed by atoms with E-state index in [0.717, 1.165) is 18.4 Å². The van der Waals surface area contributed by atoms with Crippen molar-refractivity contribution in [1.29, 1.82) is 5.26 Å². The molecule has 0 bridgehead atoms. The predicted octanol–water partition coefficient (Wildman–Crippen LogP) is 3.32. The number of carbonyl (C=O) groups is 1.